The van der Waals surface area contributed by atoms with E-state index in [9.17, 15) is 51.6 Å². The Morgan fingerprint density at radius 1 is 0.556 bits per heavy atom. The fraction of sp³-hybridized carbons (Fsp3) is 0.400. The lowest BCUT2D eigenvalue weighted by atomic mass is 10.3. The topological polar surface area (TPSA) is 224 Å². The lowest BCUT2D eigenvalue weighted by molar-refractivity contribution is -0.385. The largest absolute Gasteiger partial charge is 0.399 e. The van der Waals surface area contributed by atoms with Crippen molar-refractivity contribution in [3.63, 3.8) is 0 Å². The van der Waals surface area contributed by atoms with E-state index in [1.165, 1.54) is 36.4 Å². The number of non-ortho nitro benzene ring substituents is 3. The summed E-state index contributed by atoms with van der Waals surface area (Å²) in [4.78, 5) is 31.0. The van der Waals surface area contributed by atoms with Gasteiger partial charge in [0.1, 0.15) is 5.82 Å². The molecular weight excluding hydrogens is 1160 g/mol. The number of hydrogen-bond donors (Lipinski definition) is 2. The molecule has 14 nitrogen and oxygen atoms in total. The molecule has 350 valence electrons. The Morgan fingerprint density at radius 2 is 0.873 bits per heavy atom. The summed E-state index contributed by atoms with van der Waals surface area (Å²) in [5.74, 6) is -0.504. The molecule has 0 bridgehead atoms. The lowest BCUT2D eigenvalue weighted by Crippen LogP contribution is -2.28. The molecule has 0 aliphatic rings. The number of halogens is 5. The van der Waals surface area contributed by atoms with E-state index in [0.717, 1.165) is 27.6 Å². The standard InChI is InChI=1S/C10H12BrNO4S.C10H14BrNO2S.C10H12BrNO2S.C6H3BrFNO2.C4H10S/c1-10(2,3)17(15,16)9-5-4-7(12(13)14)6-8(9)11;1-10(2,3)15(13,14)9-5-4-7(12)6-8(9)11;1-10(2,3)15-9-5-4-7(12(13)14)6-8(9)11;7-5-3-4(9(10)11)1-2-6(5)8;1-4(2,3)5/h4-6H,1-3H3;4-6H,12H2,1-3H3;4-6H,1-3H3;1-3H;5H,1-3H3. The third-order valence-electron chi connectivity index (χ3n) is 6.93. The van der Waals surface area contributed by atoms with Crippen LogP contribution in [-0.2, 0) is 19.7 Å². The van der Waals surface area contributed by atoms with Gasteiger partial charge >= 0.3 is 0 Å². The molecule has 0 heterocycles. The summed E-state index contributed by atoms with van der Waals surface area (Å²) >= 11 is 18.3. The molecule has 0 saturated carbocycles. The van der Waals surface area contributed by atoms with Crippen LogP contribution in [-0.4, -0.2) is 50.6 Å². The van der Waals surface area contributed by atoms with Gasteiger partial charge in [-0.3, -0.25) is 30.3 Å². The predicted molar refractivity (Wildman–Crippen MR) is 269 cm³/mol. The van der Waals surface area contributed by atoms with Gasteiger partial charge in [0.25, 0.3) is 17.1 Å². The third kappa shape index (κ3) is 21.0. The molecule has 0 aliphatic carbocycles. The van der Waals surface area contributed by atoms with Crippen LogP contribution in [0.4, 0.5) is 27.1 Å². The van der Waals surface area contributed by atoms with Crippen molar-refractivity contribution in [2.45, 2.75) is 117 Å². The van der Waals surface area contributed by atoms with E-state index in [-0.39, 0.29) is 45.3 Å². The van der Waals surface area contributed by atoms with Gasteiger partial charge in [0, 0.05) is 69.9 Å². The van der Waals surface area contributed by atoms with Crippen molar-refractivity contribution >= 4 is 131 Å². The molecule has 0 fully saturated rings. The van der Waals surface area contributed by atoms with Crippen LogP contribution in [0.5, 0.6) is 0 Å². The van der Waals surface area contributed by atoms with Gasteiger partial charge in [-0.05, 0) is 142 Å². The Bertz CT molecular complexity index is 2480. The molecule has 0 saturated heterocycles. The normalized spacial score (nSPS) is 11.8. The van der Waals surface area contributed by atoms with Crippen LogP contribution in [0.15, 0.2) is 105 Å². The van der Waals surface area contributed by atoms with E-state index in [0.29, 0.717) is 10.2 Å². The van der Waals surface area contributed by atoms with Crippen LogP contribution in [0.25, 0.3) is 0 Å². The number of nitrogens with two attached hydrogens (primary N) is 1. The maximum atomic E-state index is 12.5. The number of benzene rings is 4. The quantitative estimate of drug-likeness (QED) is 0.0605. The summed E-state index contributed by atoms with van der Waals surface area (Å²) in [7, 11) is -6.85. The third-order valence-corrected chi connectivity index (χ3v) is 16.6. The molecule has 0 unspecified atom stereocenters. The molecule has 0 aromatic heterocycles. The average molecular weight is 1210 g/mol. The van der Waals surface area contributed by atoms with Gasteiger partial charge < -0.3 is 5.73 Å². The minimum Gasteiger partial charge on any atom is -0.399 e. The van der Waals surface area contributed by atoms with Gasteiger partial charge in [0.05, 0.1) is 38.5 Å². The zero-order valence-electron chi connectivity index (χ0n) is 36.5. The zero-order chi connectivity index (χ0) is 49.9. The Labute approximate surface area is 412 Å². The van der Waals surface area contributed by atoms with Crippen LogP contribution in [0, 0.1) is 36.2 Å². The summed E-state index contributed by atoms with van der Waals surface area (Å²) in [5.41, 5.74) is 5.93. The number of nitro benzene ring substituents is 3. The van der Waals surface area contributed by atoms with Crippen molar-refractivity contribution in [3.05, 3.63) is 127 Å². The van der Waals surface area contributed by atoms with Crippen LogP contribution < -0.4 is 5.73 Å². The van der Waals surface area contributed by atoms with E-state index in [1.54, 1.807) is 71.5 Å². The number of rotatable bonds is 6. The summed E-state index contributed by atoms with van der Waals surface area (Å²) < 4.78 is 61.2. The second kappa shape index (κ2) is 24.2. The second-order valence-electron chi connectivity index (χ2n) is 16.9. The van der Waals surface area contributed by atoms with Crippen molar-refractivity contribution in [2.24, 2.45) is 0 Å². The van der Waals surface area contributed by atoms with E-state index in [4.69, 9.17) is 5.73 Å². The highest BCUT2D eigenvalue weighted by Crippen LogP contribution is 2.38. The summed E-state index contributed by atoms with van der Waals surface area (Å²) in [6, 6.07) is 16.5. The van der Waals surface area contributed by atoms with Gasteiger partial charge in [-0.25, -0.2) is 21.2 Å². The van der Waals surface area contributed by atoms with Crippen molar-refractivity contribution in [1.82, 2.24) is 0 Å². The van der Waals surface area contributed by atoms with E-state index >= 15 is 0 Å². The number of sulfone groups is 2. The van der Waals surface area contributed by atoms with Crippen LogP contribution in [0.3, 0.4) is 0 Å². The highest BCUT2D eigenvalue weighted by Gasteiger charge is 2.34. The molecule has 4 aromatic carbocycles. The monoisotopic (exact) mass is 1210 g/mol. The first-order chi connectivity index (χ1) is 28.1. The van der Waals surface area contributed by atoms with Gasteiger partial charge in [0.2, 0.25) is 0 Å². The van der Waals surface area contributed by atoms with Crippen molar-refractivity contribution in [3.8, 4) is 0 Å². The molecule has 0 amide bonds. The Hall–Kier alpha value is -2.67. The molecule has 0 atom stereocenters. The molecule has 0 aliphatic heterocycles. The smallest absolute Gasteiger partial charge is 0.270 e. The highest BCUT2D eigenvalue weighted by atomic mass is 79.9. The number of nitrogen functional groups attached to an aromatic ring is 1. The zero-order valence-corrected chi connectivity index (χ0v) is 46.2. The first kappa shape index (κ1) is 60.3. The lowest BCUT2D eigenvalue weighted by Gasteiger charge is -2.20. The number of hydrogen-bond acceptors (Lipinski definition) is 13. The molecule has 2 N–H and O–H groups in total. The summed E-state index contributed by atoms with van der Waals surface area (Å²) in [6.07, 6.45) is 0. The number of nitro groups is 3. The minimum atomic E-state index is -3.52. The Balaban J connectivity index is 0.000000791. The van der Waals surface area contributed by atoms with Crippen LogP contribution in [0.2, 0.25) is 0 Å². The fourth-order valence-electron chi connectivity index (χ4n) is 3.83. The summed E-state index contributed by atoms with van der Waals surface area (Å²) in [5, 5.41) is 31.2. The van der Waals surface area contributed by atoms with E-state index in [1.807, 2.05) is 0 Å². The SMILES string of the molecule is CC(C)(C)S.CC(C)(C)S(=O)(=O)c1ccc(N)cc1Br.CC(C)(C)S(=O)(=O)c1ccc([N+](=O)[O-])cc1Br.CC(C)(C)Sc1ccc([N+](=O)[O-])cc1Br.O=[N+]([O-])c1ccc(F)c(Br)c1. The summed E-state index contributed by atoms with van der Waals surface area (Å²) in [6.45, 7) is 22.2. The molecule has 4 aromatic rings. The van der Waals surface area contributed by atoms with Crippen LogP contribution >= 0.6 is 88.1 Å². The molecular formula is C40H51Br4FN4O10S4. The van der Waals surface area contributed by atoms with Gasteiger partial charge in [0.15, 0.2) is 19.7 Å². The van der Waals surface area contributed by atoms with Crippen molar-refractivity contribution < 1.29 is 36.0 Å². The maximum absolute atomic E-state index is 12.5. The van der Waals surface area contributed by atoms with Crippen molar-refractivity contribution in [1.29, 1.82) is 0 Å². The predicted octanol–water partition coefficient (Wildman–Crippen LogP) is 14.0. The molecule has 4 rings (SSSR count). The first-order valence-electron chi connectivity index (χ1n) is 18.1. The first-order valence-corrected chi connectivity index (χ1v) is 25.5. The molecule has 63 heavy (non-hydrogen) atoms. The van der Waals surface area contributed by atoms with Gasteiger partial charge in [-0.1, -0.05) is 41.5 Å². The number of thioether (sulfide) groups is 1. The van der Waals surface area contributed by atoms with Gasteiger partial charge in [-0.15, -0.1) is 11.8 Å². The minimum absolute atomic E-state index is 0.0654. The Kier molecular flexibility index (Phi) is 23.2. The van der Waals surface area contributed by atoms with Crippen molar-refractivity contribution in [2.75, 3.05) is 5.73 Å². The highest BCUT2D eigenvalue weighted by molar-refractivity contribution is 9.11. The van der Waals surface area contributed by atoms with Gasteiger partial charge in [-0.2, -0.15) is 12.6 Å². The number of anilines is 1. The number of thiol groups is 1. The van der Waals surface area contributed by atoms with Crippen LogP contribution in [0.1, 0.15) is 83.1 Å². The van der Waals surface area contributed by atoms with E-state index < -0.39 is 49.8 Å². The maximum Gasteiger partial charge on any atom is 0.270 e. The van der Waals surface area contributed by atoms with E-state index in [2.05, 4.69) is 118 Å². The second-order valence-corrected chi connectivity index (χ2v) is 28.9. The molecule has 0 spiro atoms. The molecule has 23 heteroatoms. The Morgan fingerprint density at radius 3 is 1.17 bits per heavy atom. The number of nitrogens with zero attached hydrogens (tertiary/aromatic N) is 3. The average Bonchev–Trinajstić information content (AvgIpc) is 3.08. The fourth-order valence-corrected chi connectivity index (χ4v) is 10.2. The molecule has 0 radical (unpaired) electrons.